The molecule has 4 aromatic rings. The third-order valence-electron chi connectivity index (χ3n) is 4.46. The summed E-state index contributed by atoms with van der Waals surface area (Å²) in [6.45, 7) is 0. The van der Waals surface area contributed by atoms with Gasteiger partial charge < -0.3 is 4.98 Å². The zero-order chi connectivity index (χ0) is 20.1. The van der Waals surface area contributed by atoms with Crippen LogP contribution in [0.2, 0.25) is 0 Å². The molecule has 4 rings (SSSR count). The maximum atomic E-state index is 13.4. The van der Waals surface area contributed by atoms with Crippen molar-refractivity contribution >= 4 is 11.8 Å². The molecule has 0 radical (unpaired) electrons. The Hall–Kier alpha value is -3.54. The molecular formula is C22H16FN5S. The standard InChI is InChI=1S/C22H16FN5S/c23-18-5-1-17(2-6-18)22-20(15-9-11-25-12-10-15)13-21(27-22)16-3-7-19(8-4-16)29-14-26-28-24/h1-13,27H,14H2. The Morgan fingerprint density at radius 2 is 1.62 bits per heavy atom. The van der Waals surface area contributed by atoms with Crippen molar-refractivity contribution in [3.63, 3.8) is 0 Å². The van der Waals surface area contributed by atoms with E-state index in [0.29, 0.717) is 5.88 Å². The van der Waals surface area contributed by atoms with Gasteiger partial charge in [-0.3, -0.25) is 4.98 Å². The van der Waals surface area contributed by atoms with Gasteiger partial charge in [0.2, 0.25) is 0 Å². The first kappa shape index (κ1) is 18.8. The van der Waals surface area contributed by atoms with Gasteiger partial charge in [0.05, 0.1) is 11.6 Å². The summed E-state index contributed by atoms with van der Waals surface area (Å²) in [5, 5.41) is 3.54. The molecule has 0 unspecified atom stereocenters. The fourth-order valence-corrected chi connectivity index (χ4v) is 3.66. The van der Waals surface area contributed by atoms with E-state index in [2.05, 4.69) is 26.1 Å². The van der Waals surface area contributed by atoms with Crippen molar-refractivity contribution < 1.29 is 4.39 Å². The number of benzene rings is 2. The minimum atomic E-state index is -0.264. The van der Waals surface area contributed by atoms with Crippen molar-refractivity contribution in [2.75, 3.05) is 5.88 Å². The molecule has 0 aliphatic carbocycles. The van der Waals surface area contributed by atoms with E-state index in [1.165, 1.54) is 23.9 Å². The molecule has 0 aliphatic heterocycles. The normalized spacial score (nSPS) is 10.5. The van der Waals surface area contributed by atoms with Crippen LogP contribution in [0.4, 0.5) is 4.39 Å². The highest BCUT2D eigenvalue weighted by molar-refractivity contribution is 7.99. The Bertz CT molecular complexity index is 1150. The molecule has 2 aromatic heterocycles. The second-order valence-corrected chi connectivity index (χ2v) is 7.26. The number of aromatic amines is 1. The molecule has 0 atom stereocenters. The minimum absolute atomic E-state index is 0.264. The molecule has 0 aliphatic rings. The largest absolute Gasteiger partial charge is 0.354 e. The zero-order valence-corrected chi connectivity index (χ0v) is 16.1. The van der Waals surface area contributed by atoms with Crippen molar-refractivity contribution in [3.8, 4) is 33.6 Å². The predicted molar refractivity (Wildman–Crippen MR) is 115 cm³/mol. The van der Waals surface area contributed by atoms with E-state index in [9.17, 15) is 4.39 Å². The van der Waals surface area contributed by atoms with Crippen LogP contribution in [0.3, 0.4) is 0 Å². The van der Waals surface area contributed by atoms with E-state index in [4.69, 9.17) is 5.53 Å². The number of nitrogens with zero attached hydrogens (tertiary/aromatic N) is 4. The summed E-state index contributed by atoms with van der Waals surface area (Å²) in [6, 6.07) is 20.5. The number of azide groups is 1. The second kappa shape index (κ2) is 8.65. The lowest BCUT2D eigenvalue weighted by Crippen LogP contribution is -1.84. The molecule has 2 heterocycles. The van der Waals surface area contributed by atoms with Crippen LogP contribution >= 0.6 is 11.8 Å². The maximum Gasteiger partial charge on any atom is 0.123 e. The van der Waals surface area contributed by atoms with Crippen LogP contribution in [0.5, 0.6) is 0 Å². The fourth-order valence-electron chi connectivity index (χ4n) is 3.07. The highest BCUT2D eigenvalue weighted by Crippen LogP contribution is 2.36. The highest BCUT2D eigenvalue weighted by atomic mass is 32.2. The van der Waals surface area contributed by atoms with Gasteiger partial charge in [-0.1, -0.05) is 17.2 Å². The minimum Gasteiger partial charge on any atom is -0.354 e. The number of H-pyrrole nitrogens is 1. The average Bonchev–Trinajstić information content (AvgIpc) is 3.21. The highest BCUT2D eigenvalue weighted by Gasteiger charge is 2.13. The summed E-state index contributed by atoms with van der Waals surface area (Å²) in [5.41, 5.74) is 14.3. The van der Waals surface area contributed by atoms with Crippen molar-refractivity contribution in [1.82, 2.24) is 9.97 Å². The average molecular weight is 401 g/mol. The number of halogens is 1. The van der Waals surface area contributed by atoms with Crippen LogP contribution in [-0.2, 0) is 0 Å². The molecule has 0 amide bonds. The van der Waals surface area contributed by atoms with Crippen LogP contribution in [0.1, 0.15) is 0 Å². The van der Waals surface area contributed by atoms with Gasteiger partial charge in [-0.25, -0.2) is 4.39 Å². The van der Waals surface area contributed by atoms with Gasteiger partial charge in [0.15, 0.2) is 0 Å². The van der Waals surface area contributed by atoms with E-state index in [1.807, 2.05) is 36.4 Å². The fraction of sp³-hybridized carbons (Fsp3) is 0.0455. The lowest BCUT2D eigenvalue weighted by molar-refractivity contribution is 0.628. The van der Waals surface area contributed by atoms with Gasteiger partial charge in [-0.05, 0) is 76.8 Å². The summed E-state index contributed by atoms with van der Waals surface area (Å²) in [7, 11) is 0. The molecule has 29 heavy (non-hydrogen) atoms. The topological polar surface area (TPSA) is 77.4 Å². The number of aromatic nitrogens is 2. The number of pyridine rings is 1. The van der Waals surface area contributed by atoms with Crippen LogP contribution in [0, 0.1) is 5.82 Å². The van der Waals surface area contributed by atoms with Gasteiger partial charge in [0.25, 0.3) is 0 Å². The number of hydrogen-bond donors (Lipinski definition) is 1. The molecule has 5 nitrogen and oxygen atoms in total. The van der Waals surface area contributed by atoms with E-state index < -0.39 is 0 Å². The summed E-state index contributed by atoms with van der Waals surface area (Å²) in [6.07, 6.45) is 3.51. The molecule has 142 valence electrons. The van der Waals surface area contributed by atoms with Crippen LogP contribution in [0.25, 0.3) is 44.1 Å². The summed E-state index contributed by atoms with van der Waals surface area (Å²) >= 11 is 1.48. The van der Waals surface area contributed by atoms with E-state index in [0.717, 1.165) is 38.5 Å². The summed E-state index contributed by atoms with van der Waals surface area (Å²) < 4.78 is 13.4. The molecule has 0 saturated carbocycles. The predicted octanol–water partition coefficient (Wildman–Crippen LogP) is 6.91. The van der Waals surface area contributed by atoms with Crippen molar-refractivity contribution in [3.05, 3.63) is 95.4 Å². The van der Waals surface area contributed by atoms with E-state index >= 15 is 0 Å². The quantitative estimate of drug-likeness (QED) is 0.165. The molecule has 1 N–H and O–H groups in total. The molecular weight excluding hydrogens is 385 g/mol. The molecule has 2 aromatic carbocycles. The first-order valence-electron chi connectivity index (χ1n) is 8.88. The smallest absolute Gasteiger partial charge is 0.123 e. The first-order valence-corrected chi connectivity index (χ1v) is 9.86. The van der Waals surface area contributed by atoms with E-state index in [1.54, 1.807) is 24.5 Å². The van der Waals surface area contributed by atoms with Crippen molar-refractivity contribution in [1.29, 1.82) is 0 Å². The lowest BCUT2D eigenvalue weighted by atomic mass is 10.0. The Morgan fingerprint density at radius 3 is 2.31 bits per heavy atom. The third kappa shape index (κ3) is 4.32. The number of rotatable bonds is 6. The van der Waals surface area contributed by atoms with Crippen molar-refractivity contribution in [2.45, 2.75) is 4.90 Å². The summed E-state index contributed by atoms with van der Waals surface area (Å²) in [5.74, 6) is 0.0963. The van der Waals surface area contributed by atoms with Crippen LogP contribution in [0.15, 0.2) is 89.1 Å². The number of hydrogen-bond acceptors (Lipinski definition) is 3. The first-order chi connectivity index (χ1) is 14.2. The third-order valence-corrected chi connectivity index (χ3v) is 5.31. The van der Waals surface area contributed by atoms with Gasteiger partial charge in [-0.2, -0.15) is 0 Å². The monoisotopic (exact) mass is 401 g/mol. The second-order valence-electron chi connectivity index (χ2n) is 6.24. The zero-order valence-electron chi connectivity index (χ0n) is 15.3. The SMILES string of the molecule is [N-]=[N+]=NCSc1ccc(-c2cc(-c3ccncc3)c(-c3ccc(F)cc3)[nH]2)cc1. The van der Waals surface area contributed by atoms with E-state index in [-0.39, 0.29) is 5.82 Å². The van der Waals surface area contributed by atoms with Gasteiger partial charge in [0, 0.05) is 33.5 Å². The number of thioether (sulfide) groups is 1. The van der Waals surface area contributed by atoms with Gasteiger partial charge in [0.1, 0.15) is 5.82 Å². The lowest BCUT2D eigenvalue weighted by Gasteiger charge is -2.04. The Morgan fingerprint density at radius 1 is 0.931 bits per heavy atom. The van der Waals surface area contributed by atoms with Gasteiger partial charge >= 0.3 is 0 Å². The summed E-state index contributed by atoms with van der Waals surface area (Å²) in [4.78, 5) is 11.4. The van der Waals surface area contributed by atoms with Gasteiger partial charge in [-0.15, -0.1) is 11.8 Å². The number of nitrogens with one attached hydrogen (secondary N) is 1. The molecule has 0 spiro atoms. The molecule has 7 heteroatoms. The Kier molecular flexibility index (Phi) is 5.61. The van der Waals surface area contributed by atoms with Crippen LogP contribution in [-0.4, -0.2) is 15.8 Å². The van der Waals surface area contributed by atoms with Crippen molar-refractivity contribution in [2.24, 2.45) is 5.11 Å². The Balaban J connectivity index is 1.73. The molecule has 0 fully saturated rings. The molecule has 0 bridgehead atoms. The van der Waals surface area contributed by atoms with Crippen LogP contribution < -0.4 is 0 Å². The molecule has 0 saturated heterocycles. The maximum absolute atomic E-state index is 13.4. The Labute approximate surface area is 171 Å².